The van der Waals surface area contributed by atoms with E-state index < -0.39 is 5.97 Å². The third kappa shape index (κ3) is 3.23. The van der Waals surface area contributed by atoms with Crippen molar-refractivity contribution in [2.24, 2.45) is 0 Å². The molecule has 1 aromatic heterocycles. The van der Waals surface area contributed by atoms with Gasteiger partial charge in [-0.25, -0.2) is 4.79 Å². The van der Waals surface area contributed by atoms with Crippen molar-refractivity contribution < 1.29 is 19.1 Å². The van der Waals surface area contributed by atoms with Crippen LogP contribution in [0.25, 0.3) is 6.08 Å². The van der Waals surface area contributed by atoms with Gasteiger partial charge >= 0.3 is 5.97 Å². The molecule has 4 rings (SSSR count). The first-order valence-electron chi connectivity index (χ1n) is 8.54. The van der Waals surface area contributed by atoms with Crippen molar-refractivity contribution in [1.82, 2.24) is 0 Å². The fourth-order valence-corrected chi connectivity index (χ4v) is 3.97. The zero-order valence-electron chi connectivity index (χ0n) is 15.1. The Hall–Kier alpha value is -2.89. The van der Waals surface area contributed by atoms with E-state index in [1.807, 2.05) is 18.4 Å². The van der Waals surface area contributed by atoms with Gasteiger partial charge in [0, 0.05) is 16.5 Å². The lowest BCUT2D eigenvalue weighted by Crippen LogP contribution is -2.10. The van der Waals surface area contributed by atoms with Gasteiger partial charge in [-0.2, -0.15) is 0 Å². The Morgan fingerprint density at radius 2 is 1.93 bits per heavy atom. The average molecular weight is 411 g/mol. The molecule has 4 nitrogen and oxygen atoms in total. The maximum absolute atomic E-state index is 12.7. The lowest BCUT2D eigenvalue weighted by molar-refractivity contribution is 0.0733. The van der Waals surface area contributed by atoms with Crippen LogP contribution in [-0.4, -0.2) is 11.8 Å². The second-order valence-corrected chi connectivity index (χ2v) is 7.70. The van der Waals surface area contributed by atoms with Crippen molar-refractivity contribution in [2.45, 2.75) is 13.8 Å². The smallest absolute Gasteiger partial charge is 0.345 e. The van der Waals surface area contributed by atoms with Gasteiger partial charge in [0.25, 0.3) is 0 Å². The molecular formula is C22H15ClO4S. The topological polar surface area (TPSA) is 52.6 Å². The van der Waals surface area contributed by atoms with Crippen molar-refractivity contribution in [3.05, 3.63) is 85.8 Å². The zero-order chi connectivity index (χ0) is 19.8. The molecule has 0 unspecified atom stereocenters. The summed E-state index contributed by atoms with van der Waals surface area (Å²) >= 11 is 7.60. The molecule has 0 N–H and O–H groups in total. The molecule has 0 radical (unpaired) electrons. The lowest BCUT2D eigenvalue weighted by Gasteiger charge is -2.10. The van der Waals surface area contributed by atoms with Crippen LogP contribution >= 0.6 is 22.9 Å². The number of ketones is 1. The van der Waals surface area contributed by atoms with E-state index in [4.69, 9.17) is 21.1 Å². The molecule has 28 heavy (non-hydrogen) atoms. The number of carbonyl (C=O) groups excluding carboxylic acids is 2. The van der Waals surface area contributed by atoms with Crippen LogP contribution in [0.15, 0.2) is 53.6 Å². The van der Waals surface area contributed by atoms with Gasteiger partial charge in [-0.1, -0.05) is 23.7 Å². The summed E-state index contributed by atoms with van der Waals surface area (Å²) in [6, 6.07) is 11.9. The Morgan fingerprint density at radius 3 is 2.64 bits per heavy atom. The van der Waals surface area contributed by atoms with Crippen LogP contribution in [0.4, 0.5) is 0 Å². The summed E-state index contributed by atoms with van der Waals surface area (Å²) in [4.78, 5) is 26.1. The van der Waals surface area contributed by atoms with E-state index in [0.29, 0.717) is 27.6 Å². The Bertz CT molecular complexity index is 1140. The Balaban J connectivity index is 1.64. The van der Waals surface area contributed by atoms with Crippen LogP contribution in [0.5, 0.6) is 11.5 Å². The predicted molar refractivity (Wildman–Crippen MR) is 110 cm³/mol. The minimum Gasteiger partial charge on any atom is -0.452 e. The quantitative estimate of drug-likeness (QED) is 0.308. The number of benzene rings is 2. The van der Waals surface area contributed by atoms with Crippen molar-refractivity contribution in [3.8, 4) is 11.5 Å². The highest BCUT2D eigenvalue weighted by atomic mass is 35.5. The van der Waals surface area contributed by atoms with E-state index in [1.54, 1.807) is 60.7 Å². The summed E-state index contributed by atoms with van der Waals surface area (Å²) in [7, 11) is 0. The Kier molecular flexibility index (Phi) is 4.79. The third-order valence-electron chi connectivity index (χ3n) is 4.50. The number of fused-ring (bicyclic) bond motifs is 1. The van der Waals surface area contributed by atoms with E-state index in [0.717, 1.165) is 10.4 Å². The number of esters is 1. The van der Waals surface area contributed by atoms with Crippen LogP contribution in [0.1, 0.15) is 36.7 Å². The van der Waals surface area contributed by atoms with Crippen molar-refractivity contribution >= 4 is 40.8 Å². The Morgan fingerprint density at radius 1 is 1.14 bits per heavy atom. The van der Waals surface area contributed by atoms with Gasteiger partial charge in [0.15, 0.2) is 5.76 Å². The lowest BCUT2D eigenvalue weighted by atomic mass is 10.1. The van der Waals surface area contributed by atoms with Crippen LogP contribution in [0, 0.1) is 13.8 Å². The molecule has 2 aromatic carbocycles. The van der Waals surface area contributed by atoms with Gasteiger partial charge in [0.05, 0.1) is 16.1 Å². The molecule has 3 aromatic rings. The molecule has 0 saturated carbocycles. The predicted octanol–water partition coefficient (Wildman–Crippen LogP) is 5.85. The van der Waals surface area contributed by atoms with Crippen LogP contribution in [0.3, 0.4) is 0 Å². The van der Waals surface area contributed by atoms with Gasteiger partial charge in [-0.05, 0) is 55.1 Å². The normalized spacial score (nSPS) is 14.1. The van der Waals surface area contributed by atoms with Crippen LogP contribution in [0.2, 0.25) is 5.02 Å². The number of allylic oxidation sites excluding steroid dienone is 1. The molecule has 0 saturated heterocycles. The minimum atomic E-state index is -0.567. The molecular weight excluding hydrogens is 396 g/mol. The number of hydrogen-bond acceptors (Lipinski definition) is 5. The molecule has 0 amide bonds. The van der Waals surface area contributed by atoms with E-state index in [1.165, 1.54) is 0 Å². The largest absolute Gasteiger partial charge is 0.452 e. The molecule has 140 valence electrons. The number of carbonyl (C=O) groups is 2. The van der Waals surface area contributed by atoms with E-state index >= 15 is 0 Å². The summed E-state index contributed by atoms with van der Waals surface area (Å²) in [5.74, 6) is 0.246. The highest BCUT2D eigenvalue weighted by molar-refractivity contribution is 7.11. The standard InChI is InChI=1S/C22H15ClO4S/c1-12-9-10-28-19(12)11-18-20(24)15-7-8-17(13(2)21(15)26-18)27-22(25)14-5-3-4-6-16(14)23/h3-11H,1-2H3/b18-11-. The van der Waals surface area contributed by atoms with Gasteiger partial charge in [0.2, 0.25) is 5.78 Å². The number of hydrogen-bond donors (Lipinski definition) is 0. The summed E-state index contributed by atoms with van der Waals surface area (Å²) in [5.41, 5.74) is 2.39. The number of Topliss-reactive ketones (excluding diaryl/α,β-unsaturated/α-hetero) is 1. The van der Waals surface area contributed by atoms with Crippen LogP contribution in [-0.2, 0) is 0 Å². The van der Waals surface area contributed by atoms with Crippen molar-refractivity contribution in [1.29, 1.82) is 0 Å². The maximum atomic E-state index is 12.7. The summed E-state index contributed by atoms with van der Waals surface area (Å²) in [5, 5.41) is 2.28. The maximum Gasteiger partial charge on any atom is 0.345 e. The highest BCUT2D eigenvalue weighted by Crippen LogP contribution is 2.40. The molecule has 0 spiro atoms. The van der Waals surface area contributed by atoms with Gasteiger partial charge in [0.1, 0.15) is 11.5 Å². The molecule has 0 fully saturated rings. The van der Waals surface area contributed by atoms with E-state index in [9.17, 15) is 9.59 Å². The SMILES string of the molecule is Cc1ccsc1/C=C1\Oc2c(ccc(OC(=O)c3ccccc3Cl)c2C)C1=O. The third-order valence-corrected chi connectivity index (χ3v) is 5.79. The zero-order valence-corrected chi connectivity index (χ0v) is 16.7. The fourth-order valence-electron chi connectivity index (χ4n) is 2.91. The monoisotopic (exact) mass is 410 g/mol. The number of ether oxygens (including phenoxy) is 2. The molecule has 2 heterocycles. The first-order chi connectivity index (χ1) is 13.5. The highest BCUT2D eigenvalue weighted by Gasteiger charge is 2.31. The molecule has 0 bridgehead atoms. The van der Waals surface area contributed by atoms with Crippen molar-refractivity contribution in [3.63, 3.8) is 0 Å². The molecule has 0 atom stereocenters. The number of halogens is 1. The molecule has 0 aliphatic carbocycles. The van der Waals surface area contributed by atoms with E-state index in [-0.39, 0.29) is 17.1 Å². The first kappa shape index (κ1) is 18.5. The van der Waals surface area contributed by atoms with Gasteiger partial charge in [-0.3, -0.25) is 4.79 Å². The number of rotatable bonds is 3. The second kappa shape index (κ2) is 7.26. The number of thiophene rings is 1. The summed E-state index contributed by atoms with van der Waals surface area (Å²) in [6.07, 6.45) is 1.75. The molecule has 1 aliphatic heterocycles. The molecule has 1 aliphatic rings. The van der Waals surface area contributed by atoms with Crippen LogP contribution < -0.4 is 9.47 Å². The van der Waals surface area contributed by atoms with E-state index in [2.05, 4.69) is 0 Å². The van der Waals surface area contributed by atoms with Crippen molar-refractivity contribution in [2.75, 3.05) is 0 Å². The number of aryl methyl sites for hydroxylation is 1. The fraction of sp³-hybridized carbons (Fsp3) is 0.0909. The average Bonchev–Trinajstić information content (AvgIpc) is 3.22. The second-order valence-electron chi connectivity index (χ2n) is 6.34. The summed E-state index contributed by atoms with van der Waals surface area (Å²) in [6.45, 7) is 3.73. The first-order valence-corrected chi connectivity index (χ1v) is 9.80. The van der Waals surface area contributed by atoms with Gasteiger partial charge in [-0.15, -0.1) is 11.3 Å². The summed E-state index contributed by atoms with van der Waals surface area (Å²) < 4.78 is 11.3. The van der Waals surface area contributed by atoms with Gasteiger partial charge < -0.3 is 9.47 Å². The Labute approximate surface area is 171 Å². The molecule has 6 heteroatoms. The minimum absolute atomic E-state index is 0.185.